The Balaban J connectivity index is 2.14. The molecule has 0 saturated carbocycles. The Kier molecular flexibility index (Phi) is 6.03. The number of hydrogen-bond donors (Lipinski definition) is 3. The summed E-state index contributed by atoms with van der Waals surface area (Å²) in [6.07, 6.45) is 0. The zero-order valence-corrected chi connectivity index (χ0v) is 13.7. The van der Waals surface area contributed by atoms with E-state index in [9.17, 15) is 0 Å². The van der Waals surface area contributed by atoms with E-state index in [1.165, 1.54) is 0 Å². The number of hydrazone groups is 1. The summed E-state index contributed by atoms with van der Waals surface area (Å²) in [5.74, 6) is 0.334. The molecule has 23 heavy (non-hydrogen) atoms. The van der Waals surface area contributed by atoms with E-state index in [0.717, 1.165) is 21.2 Å². The van der Waals surface area contributed by atoms with Crippen molar-refractivity contribution in [2.75, 3.05) is 5.43 Å². The number of benzene rings is 2. The Morgan fingerprint density at radius 2 is 1.96 bits per heavy atom. The molecule has 0 atom stereocenters. The molecule has 0 saturated heterocycles. The second-order valence-corrected chi connectivity index (χ2v) is 5.90. The van der Waals surface area contributed by atoms with Gasteiger partial charge in [0.15, 0.2) is 5.84 Å². The van der Waals surface area contributed by atoms with Crippen molar-refractivity contribution in [1.29, 1.82) is 10.7 Å². The maximum absolute atomic E-state index is 8.86. The molecular weight excluding hydrogens is 330 g/mol. The fourth-order valence-corrected chi connectivity index (χ4v) is 3.01. The molecule has 116 valence electrons. The molecule has 0 amide bonds. The molecule has 2 aromatic carbocycles. The van der Waals surface area contributed by atoms with Gasteiger partial charge < -0.3 is 5.73 Å². The van der Waals surface area contributed by atoms with E-state index in [1.807, 2.05) is 48.5 Å². The molecule has 0 spiro atoms. The molecule has 0 bridgehead atoms. The van der Waals surface area contributed by atoms with E-state index in [-0.39, 0.29) is 11.5 Å². The molecule has 0 aromatic heterocycles. The maximum atomic E-state index is 8.86. The van der Waals surface area contributed by atoms with Gasteiger partial charge in [-0.15, -0.1) is 11.8 Å². The predicted molar refractivity (Wildman–Crippen MR) is 96.0 cm³/mol. The second kappa shape index (κ2) is 8.22. The average molecular weight is 344 g/mol. The van der Waals surface area contributed by atoms with Crippen LogP contribution in [0.1, 0.15) is 5.56 Å². The van der Waals surface area contributed by atoms with Crippen LogP contribution in [-0.2, 0) is 5.75 Å². The van der Waals surface area contributed by atoms with Crippen molar-refractivity contribution in [3.63, 3.8) is 0 Å². The predicted octanol–water partition coefficient (Wildman–Crippen LogP) is 3.86. The van der Waals surface area contributed by atoms with Crippen molar-refractivity contribution in [2.45, 2.75) is 10.6 Å². The van der Waals surface area contributed by atoms with E-state index in [4.69, 9.17) is 28.0 Å². The highest BCUT2D eigenvalue weighted by Crippen LogP contribution is 2.31. The summed E-state index contributed by atoms with van der Waals surface area (Å²) in [7, 11) is 0. The van der Waals surface area contributed by atoms with Gasteiger partial charge in [0, 0.05) is 15.7 Å². The van der Waals surface area contributed by atoms with Crippen LogP contribution in [-0.4, -0.2) is 11.5 Å². The van der Waals surface area contributed by atoms with Crippen LogP contribution < -0.4 is 11.2 Å². The molecule has 0 radical (unpaired) electrons. The first-order valence-electron chi connectivity index (χ1n) is 6.65. The van der Waals surface area contributed by atoms with Crippen molar-refractivity contribution in [2.24, 2.45) is 10.8 Å². The number of amidine groups is 1. The van der Waals surface area contributed by atoms with Gasteiger partial charge in [0.25, 0.3) is 0 Å². The maximum Gasteiger partial charge on any atom is 0.201 e. The lowest BCUT2D eigenvalue weighted by Crippen LogP contribution is -2.21. The summed E-state index contributed by atoms with van der Waals surface area (Å²) < 4.78 is 0. The van der Waals surface area contributed by atoms with Crippen molar-refractivity contribution in [1.82, 2.24) is 0 Å². The molecule has 2 rings (SSSR count). The van der Waals surface area contributed by atoms with Gasteiger partial charge in [0.05, 0.1) is 5.69 Å². The molecule has 0 fully saturated rings. The molecule has 0 heterocycles. The first-order valence-corrected chi connectivity index (χ1v) is 8.01. The number of anilines is 1. The number of nitrogens with zero attached hydrogens (tertiary/aromatic N) is 2. The second-order valence-electron chi connectivity index (χ2n) is 4.47. The van der Waals surface area contributed by atoms with Crippen LogP contribution in [0.25, 0.3) is 0 Å². The van der Waals surface area contributed by atoms with E-state index < -0.39 is 0 Å². The minimum Gasteiger partial charge on any atom is -0.382 e. The van der Waals surface area contributed by atoms with Crippen LogP contribution in [0.3, 0.4) is 0 Å². The molecule has 4 N–H and O–H groups in total. The largest absolute Gasteiger partial charge is 0.382 e. The summed E-state index contributed by atoms with van der Waals surface area (Å²) in [6.45, 7) is 0. The molecule has 0 aliphatic carbocycles. The Morgan fingerprint density at radius 3 is 2.65 bits per heavy atom. The van der Waals surface area contributed by atoms with Crippen LogP contribution in [0, 0.1) is 16.7 Å². The SMILES string of the molecule is N#C/C(=N\Nc1ccccc1SCc1ccccc1Cl)C(=N)N. The lowest BCUT2D eigenvalue weighted by atomic mass is 10.2. The Hall–Kier alpha value is -2.49. The number of halogens is 1. The van der Waals surface area contributed by atoms with E-state index in [1.54, 1.807) is 17.8 Å². The van der Waals surface area contributed by atoms with Crippen LogP contribution >= 0.6 is 23.4 Å². The monoisotopic (exact) mass is 343 g/mol. The minimum absolute atomic E-state index is 0.157. The highest BCUT2D eigenvalue weighted by molar-refractivity contribution is 7.98. The number of para-hydroxylation sites is 1. The third-order valence-electron chi connectivity index (χ3n) is 2.88. The fourth-order valence-electron chi connectivity index (χ4n) is 1.72. The van der Waals surface area contributed by atoms with E-state index in [0.29, 0.717) is 5.75 Å². The molecule has 2 aromatic rings. The standard InChI is InChI=1S/C16H14ClN5S/c17-12-6-2-1-5-11(12)10-23-15-8-4-3-7-13(15)21-22-14(9-18)16(19)20/h1-8,21H,10H2,(H3,19,20)/b22-14+. The summed E-state index contributed by atoms with van der Waals surface area (Å²) in [4.78, 5) is 0.956. The molecule has 0 unspecified atom stereocenters. The Labute approximate surface area is 143 Å². The van der Waals surface area contributed by atoms with Gasteiger partial charge in [-0.2, -0.15) is 10.4 Å². The highest BCUT2D eigenvalue weighted by atomic mass is 35.5. The van der Waals surface area contributed by atoms with Crippen LogP contribution in [0.15, 0.2) is 58.5 Å². The molecule has 0 aliphatic heterocycles. The normalized spacial score (nSPS) is 10.9. The quantitative estimate of drug-likeness (QED) is 0.321. The van der Waals surface area contributed by atoms with Gasteiger partial charge in [0.1, 0.15) is 6.07 Å². The van der Waals surface area contributed by atoms with Gasteiger partial charge in [-0.05, 0) is 23.8 Å². The fraction of sp³-hybridized carbons (Fsp3) is 0.0625. The van der Waals surface area contributed by atoms with Crippen molar-refractivity contribution in [3.05, 3.63) is 59.1 Å². The van der Waals surface area contributed by atoms with Gasteiger partial charge in [-0.1, -0.05) is 41.9 Å². The number of nitrogens with one attached hydrogen (secondary N) is 2. The molecule has 5 nitrogen and oxygen atoms in total. The summed E-state index contributed by atoms with van der Waals surface area (Å²) in [6, 6.07) is 17.0. The van der Waals surface area contributed by atoms with Gasteiger partial charge in [-0.25, -0.2) is 0 Å². The zero-order chi connectivity index (χ0) is 16.7. The van der Waals surface area contributed by atoms with E-state index >= 15 is 0 Å². The number of thioether (sulfide) groups is 1. The third-order valence-corrected chi connectivity index (χ3v) is 4.37. The first-order chi connectivity index (χ1) is 11.1. The summed E-state index contributed by atoms with van der Waals surface area (Å²) in [5, 5.41) is 20.7. The lowest BCUT2D eigenvalue weighted by molar-refractivity contribution is 1.28. The minimum atomic E-state index is -0.374. The lowest BCUT2D eigenvalue weighted by Gasteiger charge is -2.09. The average Bonchev–Trinajstić information content (AvgIpc) is 2.55. The van der Waals surface area contributed by atoms with Gasteiger partial charge in [0.2, 0.25) is 5.71 Å². The van der Waals surface area contributed by atoms with Crippen LogP contribution in [0.2, 0.25) is 5.02 Å². The van der Waals surface area contributed by atoms with Gasteiger partial charge >= 0.3 is 0 Å². The number of hydrogen-bond acceptors (Lipinski definition) is 5. The molecule has 0 aliphatic rings. The van der Waals surface area contributed by atoms with Crippen molar-refractivity contribution >= 4 is 40.6 Å². The first kappa shape index (κ1) is 16.9. The smallest absolute Gasteiger partial charge is 0.201 e. The highest BCUT2D eigenvalue weighted by Gasteiger charge is 2.06. The summed E-state index contributed by atoms with van der Waals surface area (Å²) >= 11 is 7.76. The topological polar surface area (TPSA) is 98.0 Å². The van der Waals surface area contributed by atoms with E-state index in [2.05, 4.69) is 10.5 Å². The van der Waals surface area contributed by atoms with Crippen molar-refractivity contribution < 1.29 is 0 Å². The number of rotatable bonds is 6. The van der Waals surface area contributed by atoms with Crippen LogP contribution in [0.4, 0.5) is 5.69 Å². The number of nitriles is 1. The molecular formula is C16H14ClN5S. The molecule has 7 heteroatoms. The third kappa shape index (κ3) is 4.74. The zero-order valence-electron chi connectivity index (χ0n) is 12.1. The van der Waals surface area contributed by atoms with Crippen molar-refractivity contribution in [3.8, 4) is 6.07 Å². The summed E-state index contributed by atoms with van der Waals surface area (Å²) in [5.41, 5.74) is 9.68. The van der Waals surface area contributed by atoms with Crippen LogP contribution in [0.5, 0.6) is 0 Å². The number of nitrogens with two attached hydrogens (primary N) is 1. The van der Waals surface area contributed by atoms with Gasteiger partial charge in [-0.3, -0.25) is 10.8 Å². The Morgan fingerprint density at radius 1 is 1.26 bits per heavy atom. The Bertz CT molecular complexity index is 782.